The second-order valence-electron chi connectivity index (χ2n) is 6.39. The van der Waals surface area contributed by atoms with Crippen molar-refractivity contribution in [1.29, 1.82) is 0 Å². The number of rotatable bonds is 3. The normalized spacial score (nSPS) is 17.2. The summed E-state index contributed by atoms with van der Waals surface area (Å²) in [5.41, 5.74) is 5.04. The highest BCUT2D eigenvalue weighted by atomic mass is 32.1. The van der Waals surface area contributed by atoms with Crippen LogP contribution in [-0.4, -0.2) is 16.1 Å². The number of hydrazine groups is 1. The molecule has 0 spiro atoms. The first-order valence-electron chi connectivity index (χ1n) is 8.13. The first-order valence-corrected chi connectivity index (χ1v) is 8.95. The van der Waals surface area contributed by atoms with Gasteiger partial charge in [0.25, 0.3) is 0 Å². The molecular weight excluding hydrogens is 320 g/mol. The van der Waals surface area contributed by atoms with Crippen LogP contribution < -0.4 is 11.3 Å². The van der Waals surface area contributed by atoms with E-state index in [4.69, 9.17) is 15.6 Å². The van der Waals surface area contributed by atoms with Gasteiger partial charge in [0.2, 0.25) is 0 Å². The van der Waals surface area contributed by atoms with Crippen molar-refractivity contribution in [3.63, 3.8) is 0 Å². The van der Waals surface area contributed by atoms with Gasteiger partial charge >= 0.3 is 0 Å². The SMILES string of the molecule is CC(C)[C@@H]1Cc2c(sc3nc(-c4ccccc4)nc(NN)c23)CO1. The van der Waals surface area contributed by atoms with Crippen LogP contribution in [0, 0.1) is 5.92 Å². The molecule has 0 bridgehead atoms. The maximum Gasteiger partial charge on any atom is 0.163 e. The summed E-state index contributed by atoms with van der Waals surface area (Å²) >= 11 is 1.68. The third-order valence-electron chi connectivity index (χ3n) is 4.48. The lowest BCUT2D eigenvalue weighted by Crippen LogP contribution is -2.26. The zero-order valence-corrected chi connectivity index (χ0v) is 14.6. The molecular formula is C18H20N4OS. The van der Waals surface area contributed by atoms with Crippen LogP contribution in [0.5, 0.6) is 0 Å². The molecule has 24 heavy (non-hydrogen) atoms. The van der Waals surface area contributed by atoms with E-state index in [0.717, 1.165) is 22.2 Å². The quantitative estimate of drug-likeness (QED) is 0.561. The molecule has 0 radical (unpaired) electrons. The predicted molar refractivity (Wildman–Crippen MR) is 97.8 cm³/mol. The Morgan fingerprint density at radius 3 is 2.75 bits per heavy atom. The van der Waals surface area contributed by atoms with Crippen LogP contribution in [0.2, 0.25) is 0 Å². The van der Waals surface area contributed by atoms with Crippen molar-refractivity contribution in [1.82, 2.24) is 9.97 Å². The van der Waals surface area contributed by atoms with Crippen molar-refractivity contribution in [3.8, 4) is 11.4 Å². The summed E-state index contributed by atoms with van der Waals surface area (Å²) in [4.78, 5) is 11.6. The first kappa shape index (κ1) is 15.5. The van der Waals surface area contributed by atoms with E-state index in [2.05, 4.69) is 24.3 Å². The smallest absolute Gasteiger partial charge is 0.163 e. The largest absolute Gasteiger partial charge is 0.372 e. The summed E-state index contributed by atoms with van der Waals surface area (Å²) < 4.78 is 5.99. The molecule has 1 aromatic carbocycles. The number of nitrogen functional groups attached to an aromatic ring is 1. The molecule has 0 amide bonds. The molecule has 4 rings (SSSR count). The molecule has 0 saturated carbocycles. The fourth-order valence-electron chi connectivity index (χ4n) is 3.13. The van der Waals surface area contributed by atoms with Gasteiger partial charge in [-0.05, 0) is 11.5 Å². The molecule has 0 aliphatic carbocycles. The molecule has 0 saturated heterocycles. The maximum atomic E-state index is 5.99. The number of nitrogens with one attached hydrogen (secondary N) is 1. The lowest BCUT2D eigenvalue weighted by atomic mass is 9.95. The van der Waals surface area contributed by atoms with Crippen LogP contribution >= 0.6 is 11.3 Å². The molecule has 3 aromatic rings. The topological polar surface area (TPSA) is 73.1 Å². The highest BCUT2D eigenvalue weighted by Gasteiger charge is 2.28. The number of benzene rings is 1. The molecule has 0 unspecified atom stereocenters. The van der Waals surface area contributed by atoms with Crippen LogP contribution in [0.4, 0.5) is 5.82 Å². The van der Waals surface area contributed by atoms with E-state index in [9.17, 15) is 0 Å². The van der Waals surface area contributed by atoms with E-state index in [1.807, 2.05) is 30.3 Å². The lowest BCUT2D eigenvalue weighted by molar-refractivity contribution is 0.00203. The zero-order chi connectivity index (χ0) is 16.7. The second kappa shape index (κ2) is 6.12. The van der Waals surface area contributed by atoms with Gasteiger partial charge in [-0.2, -0.15) is 0 Å². The Kier molecular flexibility index (Phi) is 3.96. The van der Waals surface area contributed by atoms with Crippen LogP contribution in [0.3, 0.4) is 0 Å². The molecule has 1 aliphatic heterocycles. The molecule has 1 atom stereocenters. The minimum absolute atomic E-state index is 0.231. The minimum atomic E-state index is 0.231. The molecule has 5 nitrogen and oxygen atoms in total. The summed E-state index contributed by atoms with van der Waals surface area (Å²) in [6, 6.07) is 9.97. The third kappa shape index (κ3) is 2.56. The number of nitrogens with zero attached hydrogens (tertiary/aromatic N) is 2. The average Bonchev–Trinajstić information content (AvgIpc) is 2.99. The molecule has 0 fully saturated rings. The average molecular weight is 340 g/mol. The van der Waals surface area contributed by atoms with Crippen molar-refractivity contribution in [2.75, 3.05) is 5.43 Å². The minimum Gasteiger partial charge on any atom is -0.372 e. The van der Waals surface area contributed by atoms with Gasteiger partial charge < -0.3 is 10.2 Å². The van der Waals surface area contributed by atoms with Gasteiger partial charge in [-0.3, -0.25) is 0 Å². The Labute approximate surface area is 144 Å². The summed E-state index contributed by atoms with van der Waals surface area (Å²) in [6.07, 6.45) is 1.12. The van der Waals surface area contributed by atoms with Gasteiger partial charge in [0.05, 0.1) is 18.1 Å². The van der Waals surface area contributed by atoms with Crippen molar-refractivity contribution in [2.24, 2.45) is 11.8 Å². The number of anilines is 1. The van der Waals surface area contributed by atoms with Gasteiger partial charge in [-0.1, -0.05) is 44.2 Å². The van der Waals surface area contributed by atoms with Gasteiger partial charge in [-0.25, -0.2) is 15.8 Å². The standard InChI is InChI=1S/C18H20N4OS/c1-10(2)13-8-12-14(9-23-13)24-18-15(12)17(22-19)20-16(21-18)11-6-4-3-5-7-11/h3-7,10,13H,8-9,19H2,1-2H3,(H,20,21,22)/t13-/m0/s1. The van der Waals surface area contributed by atoms with Gasteiger partial charge in [0.1, 0.15) is 4.83 Å². The Balaban J connectivity index is 1.87. The van der Waals surface area contributed by atoms with E-state index in [1.54, 1.807) is 11.3 Å². The van der Waals surface area contributed by atoms with E-state index in [1.165, 1.54) is 10.4 Å². The maximum absolute atomic E-state index is 5.99. The summed E-state index contributed by atoms with van der Waals surface area (Å²) in [5.74, 6) is 7.65. The molecule has 6 heteroatoms. The van der Waals surface area contributed by atoms with Crippen LogP contribution in [0.25, 0.3) is 21.6 Å². The first-order chi connectivity index (χ1) is 11.7. The van der Waals surface area contributed by atoms with Crippen molar-refractivity contribution in [2.45, 2.75) is 33.0 Å². The molecule has 3 N–H and O–H groups in total. The summed E-state index contributed by atoms with van der Waals surface area (Å²) in [5, 5.41) is 1.05. The molecule has 124 valence electrons. The monoisotopic (exact) mass is 340 g/mol. The number of nitrogens with two attached hydrogens (primary N) is 1. The van der Waals surface area contributed by atoms with Crippen molar-refractivity contribution in [3.05, 3.63) is 40.8 Å². The number of fused-ring (bicyclic) bond motifs is 3. The van der Waals surface area contributed by atoms with Crippen molar-refractivity contribution >= 4 is 27.4 Å². The Morgan fingerprint density at radius 2 is 2.04 bits per heavy atom. The van der Waals surface area contributed by atoms with E-state index < -0.39 is 0 Å². The zero-order valence-electron chi connectivity index (χ0n) is 13.7. The Bertz CT molecular complexity index is 876. The number of hydrogen-bond donors (Lipinski definition) is 2. The van der Waals surface area contributed by atoms with Crippen LogP contribution in [-0.2, 0) is 17.8 Å². The van der Waals surface area contributed by atoms with E-state index in [0.29, 0.717) is 24.2 Å². The fourth-order valence-corrected chi connectivity index (χ4v) is 4.25. The van der Waals surface area contributed by atoms with Crippen molar-refractivity contribution < 1.29 is 4.74 Å². The highest BCUT2D eigenvalue weighted by Crippen LogP contribution is 2.40. The van der Waals surface area contributed by atoms with Gasteiger partial charge in [0, 0.05) is 16.9 Å². The number of thiophene rings is 1. The van der Waals surface area contributed by atoms with E-state index in [-0.39, 0.29) is 6.10 Å². The summed E-state index contributed by atoms with van der Waals surface area (Å²) in [6.45, 7) is 5.02. The third-order valence-corrected chi connectivity index (χ3v) is 5.58. The molecule has 2 aromatic heterocycles. The predicted octanol–water partition coefficient (Wildman–Crippen LogP) is 3.74. The number of ether oxygens (including phenoxy) is 1. The van der Waals surface area contributed by atoms with Gasteiger partial charge in [-0.15, -0.1) is 11.3 Å². The molecule has 3 heterocycles. The fraction of sp³-hybridized carbons (Fsp3) is 0.333. The van der Waals surface area contributed by atoms with Crippen LogP contribution in [0.1, 0.15) is 24.3 Å². The Hall–Kier alpha value is -2.02. The van der Waals surface area contributed by atoms with Gasteiger partial charge in [0.15, 0.2) is 11.6 Å². The Morgan fingerprint density at radius 1 is 1.25 bits per heavy atom. The van der Waals surface area contributed by atoms with Crippen LogP contribution in [0.15, 0.2) is 30.3 Å². The second-order valence-corrected chi connectivity index (χ2v) is 7.47. The lowest BCUT2D eigenvalue weighted by Gasteiger charge is -2.26. The van der Waals surface area contributed by atoms with E-state index >= 15 is 0 Å². The number of hydrogen-bond acceptors (Lipinski definition) is 6. The molecule has 1 aliphatic rings. The number of aromatic nitrogens is 2. The highest BCUT2D eigenvalue weighted by molar-refractivity contribution is 7.19. The summed E-state index contributed by atoms with van der Waals surface area (Å²) in [7, 11) is 0.